The fraction of sp³-hybridized carbons (Fsp3) is 0.417. The number of nitriles is 1. The number of hydrogen-bond donors (Lipinski definition) is 0. The first-order valence-corrected chi connectivity index (χ1v) is 8.32. The first-order chi connectivity index (χ1) is 8.91. The van der Waals surface area contributed by atoms with E-state index in [-0.39, 0.29) is 18.8 Å². The largest absolute Gasteiger partial charge is 0.345 e. The Morgan fingerprint density at radius 3 is 2.05 bits per heavy atom. The van der Waals surface area contributed by atoms with Gasteiger partial charge in [-0.25, -0.2) is 0 Å². The second-order valence-corrected chi connectivity index (χ2v) is 7.08. The van der Waals surface area contributed by atoms with Gasteiger partial charge in [0.1, 0.15) is 0 Å². The molecule has 0 saturated heterocycles. The van der Waals surface area contributed by atoms with Crippen molar-refractivity contribution in [1.82, 2.24) is 0 Å². The van der Waals surface area contributed by atoms with Gasteiger partial charge in [-0.3, -0.25) is 0 Å². The highest BCUT2D eigenvalue weighted by atomic mass is 32.5. The first-order valence-electron chi connectivity index (χ1n) is 5.69. The fourth-order valence-corrected chi connectivity index (χ4v) is 3.94. The number of nitrogens with zero attached hydrogens (tertiary/aromatic N) is 1. The summed E-state index contributed by atoms with van der Waals surface area (Å²) in [4.78, 5) is 0. The Morgan fingerprint density at radius 1 is 1.21 bits per heavy atom. The van der Waals surface area contributed by atoms with Crippen LogP contribution in [0.15, 0.2) is 24.3 Å². The first kappa shape index (κ1) is 16.2. The molecule has 0 aliphatic heterocycles. The van der Waals surface area contributed by atoms with Crippen molar-refractivity contribution in [2.75, 3.05) is 13.2 Å². The van der Waals surface area contributed by atoms with Crippen LogP contribution in [0.25, 0.3) is 0 Å². The van der Waals surface area contributed by atoms with Crippen molar-refractivity contribution in [2.45, 2.75) is 19.5 Å². The van der Waals surface area contributed by atoms with E-state index in [2.05, 4.69) is 0 Å². The summed E-state index contributed by atoms with van der Waals surface area (Å²) in [5.74, 6) is 0. The summed E-state index contributed by atoms with van der Waals surface area (Å²) in [6.45, 7) is -0.449. The maximum Gasteiger partial charge on any atom is 0.345 e. The molecular formula is C12H14F2NO2PS. The maximum atomic E-state index is 14.4. The quantitative estimate of drug-likeness (QED) is 0.745. The van der Waals surface area contributed by atoms with E-state index in [1.807, 2.05) is 6.07 Å². The highest BCUT2D eigenvalue weighted by molar-refractivity contribution is 8.10. The van der Waals surface area contributed by atoms with E-state index in [9.17, 15) is 8.78 Å². The van der Waals surface area contributed by atoms with Crippen LogP contribution < -0.4 is 0 Å². The van der Waals surface area contributed by atoms with Crippen LogP contribution in [0.5, 0.6) is 0 Å². The van der Waals surface area contributed by atoms with Crippen molar-refractivity contribution in [3.63, 3.8) is 0 Å². The van der Waals surface area contributed by atoms with E-state index in [1.165, 1.54) is 24.3 Å². The highest BCUT2D eigenvalue weighted by Crippen LogP contribution is 2.67. The molecule has 1 rings (SSSR count). The number of halogens is 2. The molecule has 104 valence electrons. The zero-order valence-corrected chi connectivity index (χ0v) is 12.3. The van der Waals surface area contributed by atoms with Gasteiger partial charge in [-0.1, -0.05) is 12.1 Å². The van der Waals surface area contributed by atoms with Gasteiger partial charge in [-0.2, -0.15) is 14.0 Å². The SMILES string of the molecule is CCOP(=S)(OCC)C(F)(F)c1ccc(C#N)cc1. The van der Waals surface area contributed by atoms with Gasteiger partial charge in [-0.15, -0.1) is 0 Å². The van der Waals surface area contributed by atoms with Crippen LogP contribution in [0.2, 0.25) is 0 Å². The second kappa shape index (κ2) is 6.53. The molecular weight excluding hydrogens is 291 g/mol. The summed E-state index contributed by atoms with van der Waals surface area (Å²) < 4.78 is 38.9. The van der Waals surface area contributed by atoms with Gasteiger partial charge in [-0.05, 0) is 37.8 Å². The van der Waals surface area contributed by atoms with Crippen LogP contribution in [0.1, 0.15) is 25.0 Å². The average Bonchev–Trinajstić information content (AvgIpc) is 2.39. The van der Waals surface area contributed by atoms with Crippen LogP contribution in [-0.4, -0.2) is 13.2 Å². The lowest BCUT2D eigenvalue weighted by atomic mass is 10.1. The van der Waals surface area contributed by atoms with Gasteiger partial charge in [0.25, 0.3) is 6.49 Å². The minimum Gasteiger partial charge on any atom is -0.325 e. The Balaban J connectivity index is 3.18. The molecule has 0 unspecified atom stereocenters. The lowest BCUT2D eigenvalue weighted by Crippen LogP contribution is -2.18. The minimum absolute atomic E-state index is 0.0587. The number of hydrogen-bond acceptors (Lipinski definition) is 4. The Morgan fingerprint density at radius 2 is 1.68 bits per heavy atom. The summed E-state index contributed by atoms with van der Waals surface area (Å²) in [5, 5.41) is 8.66. The predicted molar refractivity (Wildman–Crippen MR) is 72.6 cm³/mol. The molecule has 0 aliphatic carbocycles. The molecule has 3 nitrogen and oxygen atoms in total. The number of alkyl halides is 2. The molecule has 1 aromatic rings. The van der Waals surface area contributed by atoms with E-state index in [4.69, 9.17) is 26.1 Å². The third-order valence-electron chi connectivity index (χ3n) is 2.30. The molecule has 0 atom stereocenters. The third kappa shape index (κ3) is 3.37. The van der Waals surface area contributed by atoms with Gasteiger partial charge in [0.2, 0.25) is 0 Å². The van der Waals surface area contributed by atoms with E-state index in [0.717, 1.165) is 0 Å². The van der Waals surface area contributed by atoms with Crippen LogP contribution in [-0.2, 0) is 26.5 Å². The van der Waals surface area contributed by atoms with Crippen molar-refractivity contribution in [3.8, 4) is 6.07 Å². The maximum absolute atomic E-state index is 14.4. The van der Waals surface area contributed by atoms with Crippen molar-refractivity contribution >= 4 is 18.3 Å². The third-order valence-corrected chi connectivity index (χ3v) is 5.77. The van der Waals surface area contributed by atoms with Crippen molar-refractivity contribution in [2.24, 2.45) is 0 Å². The standard InChI is InChI=1S/C12H14F2NO2PS/c1-3-16-18(19,17-4-2)12(13,14)11-7-5-10(9-15)6-8-11/h5-8H,3-4H2,1-2H3. The molecule has 0 aromatic heterocycles. The predicted octanol–water partition coefficient (Wildman–Crippen LogP) is 3.99. The average molecular weight is 305 g/mol. The van der Waals surface area contributed by atoms with Crippen LogP contribution in [0, 0.1) is 11.3 Å². The molecule has 0 spiro atoms. The van der Waals surface area contributed by atoms with Gasteiger partial charge >= 0.3 is 5.66 Å². The van der Waals surface area contributed by atoms with Gasteiger partial charge in [0, 0.05) is 5.56 Å². The molecule has 1 aromatic carbocycles. The van der Waals surface area contributed by atoms with Gasteiger partial charge in [0.15, 0.2) is 0 Å². The summed E-state index contributed by atoms with van der Waals surface area (Å²) >= 11 is 4.93. The van der Waals surface area contributed by atoms with E-state index >= 15 is 0 Å². The number of benzene rings is 1. The molecule has 0 aliphatic rings. The van der Waals surface area contributed by atoms with Crippen molar-refractivity contribution < 1.29 is 17.8 Å². The zero-order chi connectivity index (χ0) is 14.5. The second-order valence-electron chi connectivity index (χ2n) is 3.56. The minimum atomic E-state index is -3.75. The fourth-order valence-electron chi connectivity index (χ4n) is 1.44. The molecule has 19 heavy (non-hydrogen) atoms. The highest BCUT2D eigenvalue weighted by Gasteiger charge is 2.50. The normalized spacial score (nSPS) is 12.2. The van der Waals surface area contributed by atoms with E-state index in [0.29, 0.717) is 5.56 Å². The smallest absolute Gasteiger partial charge is 0.325 e. The van der Waals surface area contributed by atoms with Crippen molar-refractivity contribution in [3.05, 3.63) is 35.4 Å². The molecule has 0 amide bonds. The van der Waals surface area contributed by atoms with Gasteiger partial charge < -0.3 is 9.05 Å². The molecule has 0 saturated carbocycles. The van der Waals surface area contributed by atoms with Crippen molar-refractivity contribution in [1.29, 1.82) is 5.26 Å². The number of rotatable bonds is 6. The summed E-state index contributed by atoms with van der Waals surface area (Å²) in [5.41, 5.74) is -3.38. The summed E-state index contributed by atoms with van der Waals surface area (Å²) in [7, 11) is 0. The lowest BCUT2D eigenvalue weighted by Gasteiger charge is -2.29. The lowest BCUT2D eigenvalue weighted by molar-refractivity contribution is 0.0554. The zero-order valence-electron chi connectivity index (χ0n) is 10.6. The Bertz CT molecular complexity index is 503. The van der Waals surface area contributed by atoms with Gasteiger partial charge in [0.05, 0.1) is 24.8 Å². The van der Waals surface area contributed by atoms with E-state index in [1.54, 1.807) is 13.8 Å². The molecule has 0 N–H and O–H groups in total. The van der Waals surface area contributed by atoms with Crippen LogP contribution in [0.4, 0.5) is 8.78 Å². The van der Waals surface area contributed by atoms with E-state index < -0.39 is 12.2 Å². The summed E-state index contributed by atoms with van der Waals surface area (Å²) in [6.07, 6.45) is 0. The Kier molecular flexibility index (Phi) is 5.57. The molecule has 0 bridgehead atoms. The van der Waals surface area contributed by atoms with Crippen LogP contribution >= 0.6 is 6.49 Å². The molecule has 0 radical (unpaired) electrons. The van der Waals surface area contributed by atoms with Crippen LogP contribution in [0.3, 0.4) is 0 Å². The Labute approximate surface area is 116 Å². The summed E-state index contributed by atoms with van der Waals surface area (Å²) in [6, 6.07) is 6.87. The Hall–Kier alpha value is -0.860. The topological polar surface area (TPSA) is 42.2 Å². The molecule has 0 fully saturated rings. The monoisotopic (exact) mass is 305 g/mol. The molecule has 0 heterocycles. The molecule has 7 heteroatoms.